The Bertz CT molecular complexity index is 1200. The van der Waals surface area contributed by atoms with E-state index in [1.165, 1.54) is 11.3 Å². The number of hydrogen-bond donors (Lipinski definition) is 1. The largest absolute Gasteiger partial charge is 0.492 e. The second-order valence-electron chi connectivity index (χ2n) is 6.03. The lowest BCUT2D eigenvalue weighted by Crippen LogP contribution is -2.16. The van der Waals surface area contributed by atoms with Crippen LogP contribution in [0.5, 0.6) is 5.75 Å². The second kappa shape index (κ2) is 7.75. The number of carbonyl (C=O) groups is 1. The maximum atomic E-state index is 13.6. The fraction of sp³-hybridized carbons (Fsp3) is 0.158. The van der Waals surface area contributed by atoms with Crippen molar-refractivity contribution in [3.05, 3.63) is 59.4 Å². The standard InChI is InChI=1S/C19H14F3N5O2S/c1-2-29-13-7-4-3-6-11(13)23-17(28)16-25-18-24-12(14-8-5-9-30-14)10-15(19(20,21)22)27(18)26-16/h3-10H,2H2,1H3,(H,23,28). The molecule has 0 bridgehead atoms. The number of thiophene rings is 1. The van der Waals surface area contributed by atoms with Gasteiger partial charge in [-0.2, -0.15) is 22.7 Å². The molecule has 3 heterocycles. The minimum absolute atomic E-state index is 0.103. The number of aromatic nitrogens is 4. The van der Waals surface area contributed by atoms with E-state index in [0.717, 1.165) is 6.07 Å². The molecule has 0 aliphatic carbocycles. The lowest BCUT2D eigenvalue weighted by molar-refractivity contribution is -0.142. The van der Waals surface area contributed by atoms with Crippen molar-refractivity contribution in [3.63, 3.8) is 0 Å². The van der Waals surface area contributed by atoms with Gasteiger partial charge in [0.15, 0.2) is 5.69 Å². The first-order valence-corrected chi connectivity index (χ1v) is 9.67. The number of para-hydroxylation sites is 2. The van der Waals surface area contributed by atoms with Crippen LogP contribution in [0, 0.1) is 0 Å². The number of ether oxygens (including phenoxy) is 1. The number of fused-ring (bicyclic) bond motifs is 1. The number of benzene rings is 1. The minimum atomic E-state index is -4.71. The third-order valence-electron chi connectivity index (χ3n) is 4.01. The van der Waals surface area contributed by atoms with Gasteiger partial charge >= 0.3 is 6.18 Å². The molecule has 3 aromatic heterocycles. The highest BCUT2D eigenvalue weighted by Crippen LogP contribution is 2.33. The summed E-state index contributed by atoms with van der Waals surface area (Å²) in [6, 6.07) is 10.9. The Morgan fingerprint density at radius 3 is 2.70 bits per heavy atom. The number of hydrogen-bond acceptors (Lipinski definition) is 6. The average Bonchev–Trinajstić information content (AvgIpc) is 3.38. The molecule has 0 spiro atoms. The third kappa shape index (κ3) is 3.83. The van der Waals surface area contributed by atoms with Crippen molar-refractivity contribution in [1.82, 2.24) is 19.6 Å². The first-order chi connectivity index (χ1) is 14.4. The SMILES string of the molecule is CCOc1ccccc1NC(=O)c1nc2nc(-c3cccs3)cc(C(F)(F)F)n2n1. The number of anilines is 1. The van der Waals surface area contributed by atoms with E-state index in [2.05, 4.69) is 20.4 Å². The number of nitrogens with zero attached hydrogens (tertiary/aromatic N) is 4. The zero-order valence-corrected chi connectivity index (χ0v) is 16.3. The van der Waals surface area contributed by atoms with E-state index in [9.17, 15) is 18.0 Å². The van der Waals surface area contributed by atoms with Crippen LogP contribution in [-0.2, 0) is 6.18 Å². The fourth-order valence-corrected chi connectivity index (χ4v) is 3.43. The fourth-order valence-electron chi connectivity index (χ4n) is 2.75. The van der Waals surface area contributed by atoms with Gasteiger partial charge in [0.1, 0.15) is 5.75 Å². The molecule has 4 rings (SSSR count). The number of halogens is 3. The molecular formula is C19H14F3N5O2S. The molecule has 0 aliphatic heterocycles. The van der Waals surface area contributed by atoms with Gasteiger partial charge < -0.3 is 10.1 Å². The number of amides is 1. The molecule has 11 heteroatoms. The molecule has 154 valence electrons. The Morgan fingerprint density at radius 1 is 1.20 bits per heavy atom. The summed E-state index contributed by atoms with van der Waals surface area (Å²) in [6.07, 6.45) is -4.71. The predicted octanol–water partition coefficient (Wildman–Crippen LogP) is 4.52. The molecule has 30 heavy (non-hydrogen) atoms. The molecule has 0 fully saturated rings. The van der Waals surface area contributed by atoms with E-state index in [1.807, 2.05) is 0 Å². The number of nitrogens with one attached hydrogen (secondary N) is 1. The van der Waals surface area contributed by atoms with E-state index < -0.39 is 23.6 Å². The molecular weight excluding hydrogens is 419 g/mol. The van der Waals surface area contributed by atoms with Crippen LogP contribution in [0.25, 0.3) is 16.3 Å². The summed E-state index contributed by atoms with van der Waals surface area (Å²) in [5, 5.41) is 8.04. The van der Waals surface area contributed by atoms with Crippen LogP contribution < -0.4 is 10.1 Å². The molecule has 0 radical (unpaired) electrons. The molecule has 1 aromatic carbocycles. The van der Waals surface area contributed by atoms with Crippen molar-refractivity contribution < 1.29 is 22.7 Å². The summed E-state index contributed by atoms with van der Waals surface area (Å²) >= 11 is 1.24. The topological polar surface area (TPSA) is 81.4 Å². The number of carbonyl (C=O) groups excluding carboxylic acids is 1. The van der Waals surface area contributed by atoms with Crippen molar-refractivity contribution >= 4 is 28.7 Å². The molecule has 1 N–H and O–H groups in total. The van der Waals surface area contributed by atoms with Crippen molar-refractivity contribution in [2.45, 2.75) is 13.1 Å². The van der Waals surface area contributed by atoms with Crippen molar-refractivity contribution in [1.29, 1.82) is 0 Å². The Labute approximate surface area is 172 Å². The molecule has 0 saturated heterocycles. The highest BCUT2D eigenvalue weighted by molar-refractivity contribution is 7.13. The van der Waals surface area contributed by atoms with Crippen LogP contribution in [-0.4, -0.2) is 32.1 Å². The molecule has 7 nitrogen and oxygen atoms in total. The highest BCUT2D eigenvalue weighted by atomic mass is 32.1. The van der Waals surface area contributed by atoms with Crippen LogP contribution in [0.4, 0.5) is 18.9 Å². The van der Waals surface area contributed by atoms with Crippen molar-refractivity contribution in [2.75, 3.05) is 11.9 Å². The third-order valence-corrected chi connectivity index (χ3v) is 4.91. The minimum Gasteiger partial charge on any atom is -0.492 e. The van der Waals surface area contributed by atoms with E-state index in [1.54, 1.807) is 48.7 Å². The smallest absolute Gasteiger partial charge is 0.433 e. The van der Waals surface area contributed by atoms with Crippen LogP contribution in [0.2, 0.25) is 0 Å². The summed E-state index contributed by atoms with van der Waals surface area (Å²) in [6.45, 7) is 2.17. The Balaban J connectivity index is 1.75. The molecule has 4 aromatic rings. The zero-order valence-electron chi connectivity index (χ0n) is 15.5. The summed E-state index contributed by atoms with van der Waals surface area (Å²) in [5.74, 6) is -1.12. The zero-order chi connectivity index (χ0) is 21.3. The quantitative estimate of drug-likeness (QED) is 0.500. The summed E-state index contributed by atoms with van der Waals surface area (Å²) in [4.78, 5) is 21.2. The first-order valence-electron chi connectivity index (χ1n) is 8.79. The van der Waals surface area contributed by atoms with Gasteiger partial charge in [0.05, 0.1) is 22.9 Å². The summed E-state index contributed by atoms with van der Waals surface area (Å²) < 4.78 is 46.8. The van der Waals surface area contributed by atoms with Crippen molar-refractivity contribution in [3.8, 4) is 16.3 Å². The molecule has 0 atom stereocenters. The second-order valence-corrected chi connectivity index (χ2v) is 6.98. The van der Waals surface area contributed by atoms with E-state index in [4.69, 9.17) is 4.74 Å². The molecule has 0 unspecified atom stereocenters. The number of rotatable bonds is 5. The average molecular weight is 433 g/mol. The number of alkyl halides is 3. The van der Waals surface area contributed by atoms with E-state index >= 15 is 0 Å². The maximum absolute atomic E-state index is 13.6. The molecule has 1 amide bonds. The Morgan fingerprint density at radius 2 is 2.00 bits per heavy atom. The van der Waals surface area contributed by atoms with Crippen LogP contribution >= 0.6 is 11.3 Å². The lowest BCUT2D eigenvalue weighted by atomic mass is 10.3. The van der Waals surface area contributed by atoms with Crippen molar-refractivity contribution in [2.24, 2.45) is 0 Å². The summed E-state index contributed by atoms with van der Waals surface area (Å²) in [5.41, 5.74) is -0.616. The Kier molecular flexibility index (Phi) is 5.12. The van der Waals surface area contributed by atoms with Crippen LogP contribution in [0.15, 0.2) is 47.8 Å². The van der Waals surface area contributed by atoms with Gasteiger partial charge in [0.2, 0.25) is 5.82 Å². The van der Waals surface area contributed by atoms with Crippen LogP contribution in [0.1, 0.15) is 23.2 Å². The lowest BCUT2D eigenvalue weighted by Gasteiger charge is -2.10. The Hall–Kier alpha value is -3.47. The van der Waals surface area contributed by atoms with Gasteiger partial charge in [-0.05, 0) is 36.6 Å². The summed E-state index contributed by atoms with van der Waals surface area (Å²) in [7, 11) is 0. The van der Waals surface area contributed by atoms with E-state index in [-0.39, 0.29) is 11.5 Å². The highest BCUT2D eigenvalue weighted by Gasteiger charge is 2.36. The van der Waals surface area contributed by atoms with Gasteiger partial charge in [-0.1, -0.05) is 18.2 Å². The van der Waals surface area contributed by atoms with Gasteiger partial charge in [-0.3, -0.25) is 4.79 Å². The molecule has 0 saturated carbocycles. The van der Waals surface area contributed by atoms with Crippen LogP contribution in [0.3, 0.4) is 0 Å². The molecule has 0 aliphatic rings. The van der Waals surface area contributed by atoms with Gasteiger partial charge in [-0.25, -0.2) is 4.98 Å². The van der Waals surface area contributed by atoms with Gasteiger partial charge in [0, 0.05) is 0 Å². The first kappa shape index (κ1) is 19.8. The van der Waals surface area contributed by atoms with Gasteiger partial charge in [0.25, 0.3) is 11.7 Å². The monoisotopic (exact) mass is 433 g/mol. The van der Waals surface area contributed by atoms with E-state index in [0.29, 0.717) is 27.4 Å². The normalized spacial score (nSPS) is 11.6. The van der Waals surface area contributed by atoms with Gasteiger partial charge in [-0.15, -0.1) is 16.4 Å². The maximum Gasteiger partial charge on any atom is 0.433 e. The predicted molar refractivity (Wildman–Crippen MR) is 105 cm³/mol.